The van der Waals surface area contributed by atoms with Gasteiger partial charge in [0, 0.05) is 10.9 Å². The minimum Gasteiger partial charge on any atom is -0.497 e. The van der Waals surface area contributed by atoms with Crippen LogP contribution in [0.15, 0.2) is 24.3 Å². The Balaban J connectivity index is 2.39. The highest BCUT2D eigenvalue weighted by molar-refractivity contribution is 7.21. The van der Waals surface area contributed by atoms with Crippen molar-refractivity contribution < 1.29 is 14.3 Å². The van der Waals surface area contributed by atoms with Crippen LogP contribution in [-0.2, 0) is 4.74 Å². The first-order valence-corrected chi connectivity index (χ1v) is 7.97. The number of hydrogen-bond acceptors (Lipinski definition) is 8. The molecule has 25 heavy (non-hydrogen) atoms. The molecule has 0 bridgehead atoms. The zero-order valence-corrected chi connectivity index (χ0v) is 14.3. The summed E-state index contributed by atoms with van der Waals surface area (Å²) in [4.78, 5) is 16.9. The van der Waals surface area contributed by atoms with E-state index in [1.165, 1.54) is 7.11 Å². The van der Waals surface area contributed by atoms with E-state index in [2.05, 4.69) is 11.1 Å². The Kier molecular flexibility index (Phi) is 4.17. The number of carbonyl (C=O) groups is 1. The van der Waals surface area contributed by atoms with E-state index in [0.29, 0.717) is 21.5 Å². The molecule has 0 fully saturated rings. The maximum atomic E-state index is 11.9. The number of aromatic nitrogens is 1. The number of hydrogen-bond donors (Lipinski definition) is 2. The number of thiophene rings is 1. The van der Waals surface area contributed by atoms with E-state index in [1.54, 1.807) is 31.4 Å². The monoisotopic (exact) mass is 354 g/mol. The number of esters is 1. The number of carbonyl (C=O) groups excluding carboxylic acids is 1. The number of methoxy groups -OCH3 is 2. The average molecular weight is 354 g/mol. The quantitative estimate of drug-likeness (QED) is 0.693. The second kappa shape index (κ2) is 6.30. The second-order valence-electron chi connectivity index (χ2n) is 5.10. The first-order chi connectivity index (χ1) is 12.0. The smallest absolute Gasteiger partial charge is 0.350 e. The van der Waals surface area contributed by atoms with Gasteiger partial charge in [-0.1, -0.05) is 12.1 Å². The van der Waals surface area contributed by atoms with Crippen molar-refractivity contribution in [2.45, 2.75) is 0 Å². The SMILES string of the molecule is COC(=O)c1sc2nc(N)c(C#N)c(-c3ccc(OC)cc3)c2c1N. The number of benzene rings is 1. The van der Waals surface area contributed by atoms with Gasteiger partial charge in [-0.15, -0.1) is 11.3 Å². The van der Waals surface area contributed by atoms with Gasteiger partial charge in [-0.25, -0.2) is 9.78 Å². The van der Waals surface area contributed by atoms with Crippen LogP contribution in [0.1, 0.15) is 15.2 Å². The van der Waals surface area contributed by atoms with Gasteiger partial charge in [0.2, 0.25) is 0 Å². The summed E-state index contributed by atoms with van der Waals surface area (Å²) >= 11 is 1.08. The fraction of sp³-hybridized carbons (Fsp3) is 0.118. The van der Waals surface area contributed by atoms with Crippen LogP contribution in [0.4, 0.5) is 11.5 Å². The number of rotatable bonds is 3. The summed E-state index contributed by atoms with van der Waals surface area (Å²) in [6.07, 6.45) is 0. The Labute approximate surface area is 147 Å². The van der Waals surface area contributed by atoms with Gasteiger partial charge < -0.3 is 20.9 Å². The Bertz CT molecular complexity index is 1020. The van der Waals surface area contributed by atoms with Crippen molar-refractivity contribution in [3.05, 3.63) is 34.7 Å². The van der Waals surface area contributed by atoms with Crippen LogP contribution in [-0.4, -0.2) is 25.2 Å². The molecule has 3 aromatic rings. The molecule has 7 nitrogen and oxygen atoms in total. The summed E-state index contributed by atoms with van der Waals surface area (Å²) in [5, 5.41) is 10.1. The van der Waals surface area contributed by atoms with Crippen LogP contribution in [0.3, 0.4) is 0 Å². The van der Waals surface area contributed by atoms with Crippen molar-refractivity contribution in [3.63, 3.8) is 0 Å². The van der Waals surface area contributed by atoms with E-state index in [4.69, 9.17) is 20.9 Å². The lowest BCUT2D eigenvalue weighted by Gasteiger charge is -2.10. The number of anilines is 2. The number of nitrogens with two attached hydrogens (primary N) is 2. The molecular weight excluding hydrogens is 340 g/mol. The third-order valence-electron chi connectivity index (χ3n) is 3.77. The molecule has 0 aliphatic heterocycles. The van der Waals surface area contributed by atoms with E-state index in [-0.39, 0.29) is 21.9 Å². The molecule has 8 heteroatoms. The Morgan fingerprint density at radius 2 is 1.92 bits per heavy atom. The van der Waals surface area contributed by atoms with E-state index in [1.807, 2.05) is 0 Å². The third-order valence-corrected chi connectivity index (χ3v) is 4.85. The molecule has 0 saturated carbocycles. The molecule has 3 rings (SSSR count). The zero-order chi connectivity index (χ0) is 18.1. The summed E-state index contributed by atoms with van der Waals surface area (Å²) in [7, 11) is 2.84. The first-order valence-electron chi connectivity index (χ1n) is 7.16. The molecule has 0 atom stereocenters. The van der Waals surface area contributed by atoms with Crippen molar-refractivity contribution >= 4 is 39.0 Å². The summed E-state index contributed by atoms with van der Waals surface area (Å²) in [6.45, 7) is 0. The van der Waals surface area contributed by atoms with E-state index >= 15 is 0 Å². The number of nitrogens with zero attached hydrogens (tertiary/aromatic N) is 2. The molecule has 2 aromatic heterocycles. The molecule has 0 radical (unpaired) electrons. The molecule has 0 aliphatic carbocycles. The van der Waals surface area contributed by atoms with Crippen molar-refractivity contribution in [2.24, 2.45) is 0 Å². The fourth-order valence-corrected chi connectivity index (χ4v) is 3.60. The normalized spacial score (nSPS) is 10.4. The number of nitriles is 1. The van der Waals surface area contributed by atoms with Gasteiger partial charge in [-0.2, -0.15) is 5.26 Å². The van der Waals surface area contributed by atoms with Gasteiger partial charge in [0.15, 0.2) is 0 Å². The minimum absolute atomic E-state index is 0.0819. The van der Waals surface area contributed by atoms with Gasteiger partial charge in [-0.05, 0) is 17.7 Å². The molecule has 0 aliphatic rings. The molecular formula is C17H14N4O3S. The molecule has 126 valence electrons. The number of fused-ring (bicyclic) bond motifs is 1. The highest BCUT2D eigenvalue weighted by Gasteiger charge is 2.24. The predicted molar refractivity (Wildman–Crippen MR) is 96.5 cm³/mol. The van der Waals surface area contributed by atoms with Crippen molar-refractivity contribution in [1.29, 1.82) is 5.26 Å². The third kappa shape index (κ3) is 2.60. The van der Waals surface area contributed by atoms with Gasteiger partial charge >= 0.3 is 5.97 Å². The minimum atomic E-state index is -0.557. The second-order valence-corrected chi connectivity index (χ2v) is 6.10. The molecule has 2 heterocycles. The molecule has 1 aromatic carbocycles. The van der Waals surface area contributed by atoms with Crippen LogP contribution >= 0.6 is 11.3 Å². The lowest BCUT2D eigenvalue weighted by Crippen LogP contribution is -2.02. The maximum absolute atomic E-state index is 11.9. The van der Waals surface area contributed by atoms with E-state index < -0.39 is 5.97 Å². The first kappa shape index (κ1) is 16.5. The van der Waals surface area contributed by atoms with Crippen molar-refractivity contribution in [2.75, 3.05) is 25.7 Å². The fourth-order valence-electron chi connectivity index (χ4n) is 2.57. The van der Waals surface area contributed by atoms with Crippen molar-refractivity contribution in [3.8, 4) is 22.9 Å². The summed E-state index contributed by atoms with van der Waals surface area (Å²) in [5.74, 6) is 0.200. The Morgan fingerprint density at radius 1 is 1.24 bits per heavy atom. The number of pyridine rings is 1. The average Bonchev–Trinajstić information content (AvgIpc) is 2.96. The molecule has 0 amide bonds. The van der Waals surface area contributed by atoms with Gasteiger partial charge in [-0.3, -0.25) is 0 Å². The van der Waals surface area contributed by atoms with Crippen LogP contribution in [0, 0.1) is 11.3 Å². The molecule has 0 unspecified atom stereocenters. The lowest BCUT2D eigenvalue weighted by molar-refractivity contribution is 0.0607. The standard InChI is InChI=1S/C17H14N4O3S/c1-23-9-5-3-8(4-6-9)11-10(7-18)15(20)21-16-12(11)13(19)14(25-16)17(22)24-2/h3-6H,19H2,1-2H3,(H2,20,21). The predicted octanol–water partition coefficient (Wildman–Crippen LogP) is 2.79. The van der Waals surface area contributed by atoms with Crippen LogP contribution in [0.25, 0.3) is 21.3 Å². The van der Waals surface area contributed by atoms with Gasteiger partial charge in [0.1, 0.15) is 32.9 Å². The van der Waals surface area contributed by atoms with Crippen LogP contribution < -0.4 is 16.2 Å². The highest BCUT2D eigenvalue weighted by atomic mass is 32.1. The van der Waals surface area contributed by atoms with Crippen molar-refractivity contribution in [1.82, 2.24) is 4.98 Å². The largest absolute Gasteiger partial charge is 0.497 e. The molecule has 0 spiro atoms. The summed E-state index contributed by atoms with van der Waals surface area (Å²) in [6, 6.07) is 9.20. The highest BCUT2D eigenvalue weighted by Crippen LogP contribution is 2.42. The number of ether oxygens (including phenoxy) is 2. The zero-order valence-electron chi connectivity index (χ0n) is 13.5. The lowest BCUT2D eigenvalue weighted by atomic mass is 9.97. The summed E-state index contributed by atoms with van der Waals surface area (Å²) in [5.41, 5.74) is 13.8. The number of nitrogen functional groups attached to an aromatic ring is 2. The van der Waals surface area contributed by atoms with Crippen LogP contribution in [0.5, 0.6) is 5.75 Å². The van der Waals surface area contributed by atoms with Gasteiger partial charge in [0.05, 0.1) is 19.9 Å². The Hall–Kier alpha value is -3.31. The topological polar surface area (TPSA) is 124 Å². The maximum Gasteiger partial charge on any atom is 0.350 e. The summed E-state index contributed by atoms with van der Waals surface area (Å²) < 4.78 is 9.92. The van der Waals surface area contributed by atoms with Gasteiger partial charge in [0.25, 0.3) is 0 Å². The van der Waals surface area contributed by atoms with Crippen LogP contribution in [0.2, 0.25) is 0 Å². The van der Waals surface area contributed by atoms with E-state index in [0.717, 1.165) is 16.9 Å². The van der Waals surface area contributed by atoms with E-state index in [9.17, 15) is 10.1 Å². The Morgan fingerprint density at radius 3 is 2.48 bits per heavy atom. The molecule has 4 N–H and O–H groups in total. The molecule has 0 saturated heterocycles.